The van der Waals surface area contributed by atoms with Crippen LogP contribution in [0.15, 0.2) is 47.7 Å². The first-order valence-corrected chi connectivity index (χ1v) is 8.00. The van der Waals surface area contributed by atoms with Gasteiger partial charge in [0, 0.05) is 23.7 Å². The highest BCUT2D eigenvalue weighted by Gasteiger charge is 2.18. The summed E-state index contributed by atoms with van der Waals surface area (Å²) in [5, 5.41) is 7.19. The van der Waals surface area contributed by atoms with Gasteiger partial charge in [0.25, 0.3) is 11.5 Å². The normalized spacial score (nSPS) is 12.0. The maximum Gasteiger partial charge on any atom is 0.266 e. The van der Waals surface area contributed by atoms with E-state index in [1.165, 1.54) is 12.3 Å². The highest BCUT2D eigenvalue weighted by molar-refractivity contribution is 6.30. The predicted molar refractivity (Wildman–Crippen MR) is 94.0 cm³/mol. The molecule has 3 heterocycles. The van der Waals surface area contributed by atoms with Crippen LogP contribution >= 0.6 is 11.6 Å². The van der Waals surface area contributed by atoms with E-state index >= 15 is 0 Å². The van der Waals surface area contributed by atoms with Crippen LogP contribution in [0.1, 0.15) is 34.6 Å². The van der Waals surface area contributed by atoms with E-state index in [-0.39, 0.29) is 22.5 Å². The summed E-state index contributed by atoms with van der Waals surface area (Å²) in [6, 6.07) is 6.63. The second-order valence-corrected chi connectivity index (χ2v) is 5.95. The minimum atomic E-state index is -0.432. The summed E-state index contributed by atoms with van der Waals surface area (Å²) in [7, 11) is 0. The maximum absolute atomic E-state index is 12.3. The van der Waals surface area contributed by atoms with Crippen molar-refractivity contribution in [2.75, 3.05) is 0 Å². The Kier molecular flexibility index (Phi) is 4.67. The predicted octanol–water partition coefficient (Wildman–Crippen LogP) is 2.41. The summed E-state index contributed by atoms with van der Waals surface area (Å²) >= 11 is 5.76. The van der Waals surface area contributed by atoms with Crippen LogP contribution in [0.25, 0.3) is 5.82 Å². The van der Waals surface area contributed by atoms with Crippen LogP contribution in [-0.4, -0.2) is 25.7 Å². The van der Waals surface area contributed by atoms with Crippen LogP contribution in [0.4, 0.5) is 0 Å². The molecule has 0 fully saturated rings. The summed E-state index contributed by atoms with van der Waals surface area (Å²) in [5.74, 6) is 0.368. The molecule has 3 rings (SSSR count). The molecular weight excluding hydrogens is 342 g/mol. The van der Waals surface area contributed by atoms with Crippen molar-refractivity contribution in [2.24, 2.45) is 0 Å². The van der Waals surface area contributed by atoms with Crippen molar-refractivity contribution in [3.05, 3.63) is 75.1 Å². The van der Waals surface area contributed by atoms with Crippen LogP contribution in [0.2, 0.25) is 5.02 Å². The average molecular weight is 358 g/mol. The molecule has 7 nitrogen and oxygen atoms in total. The highest BCUT2D eigenvalue weighted by atomic mass is 35.5. The summed E-state index contributed by atoms with van der Waals surface area (Å²) in [5.41, 5.74) is 1.60. The molecule has 0 unspecified atom stereocenters. The van der Waals surface area contributed by atoms with Crippen molar-refractivity contribution in [2.45, 2.75) is 19.9 Å². The zero-order valence-corrected chi connectivity index (χ0v) is 14.4. The van der Waals surface area contributed by atoms with Gasteiger partial charge >= 0.3 is 0 Å². The number of H-pyrrole nitrogens is 1. The molecule has 2 N–H and O–H groups in total. The third-order valence-electron chi connectivity index (χ3n) is 3.85. The lowest BCUT2D eigenvalue weighted by Gasteiger charge is -2.14. The van der Waals surface area contributed by atoms with Gasteiger partial charge in [-0.2, -0.15) is 5.10 Å². The van der Waals surface area contributed by atoms with E-state index in [1.54, 1.807) is 17.1 Å². The first kappa shape index (κ1) is 16.9. The Labute approximate surface area is 148 Å². The molecule has 0 aliphatic carbocycles. The summed E-state index contributed by atoms with van der Waals surface area (Å²) in [6.07, 6.45) is 4.73. The van der Waals surface area contributed by atoms with E-state index < -0.39 is 5.56 Å². The van der Waals surface area contributed by atoms with Gasteiger partial charge in [-0.25, -0.2) is 9.67 Å². The van der Waals surface area contributed by atoms with Crippen molar-refractivity contribution in [1.29, 1.82) is 0 Å². The minimum absolute atomic E-state index is 0.0283. The van der Waals surface area contributed by atoms with Gasteiger partial charge in [0.05, 0.1) is 17.8 Å². The lowest BCUT2D eigenvalue weighted by Crippen LogP contribution is -2.27. The van der Waals surface area contributed by atoms with Gasteiger partial charge < -0.3 is 10.3 Å². The minimum Gasteiger partial charge on any atom is -0.345 e. The van der Waals surface area contributed by atoms with Crippen LogP contribution < -0.4 is 10.9 Å². The fraction of sp³-hybridized carbons (Fsp3) is 0.176. The largest absolute Gasteiger partial charge is 0.345 e. The number of pyridine rings is 2. The van der Waals surface area contributed by atoms with Gasteiger partial charge in [0.2, 0.25) is 0 Å². The quantitative estimate of drug-likeness (QED) is 0.749. The number of carbonyl (C=O) groups is 1. The van der Waals surface area contributed by atoms with E-state index in [2.05, 4.69) is 20.4 Å². The van der Waals surface area contributed by atoms with Crippen LogP contribution in [-0.2, 0) is 0 Å². The highest BCUT2D eigenvalue weighted by Crippen LogP contribution is 2.19. The number of rotatable bonds is 4. The van der Waals surface area contributed by atoms with Crippen LogP contribution in [0, 0.1) is 6.92 Å². The lowest BCUT2D eigenvalue weighted by molar-refractivity contribution is 0.0939. The summed E-state index contributed by atoms with van der Waals surface area (Å²) in [4.78, 5) is 30.3. The molecule has 1 atom stereocenters. The van der Waals surface area contributed by atoms with Crippen molar-refractivity contribution < 1.29 is 4.79 Å². The van der Waals surface area contributed by atoms with E-state index in [1.807, 2.05) is 32.0 Å². The molecule has 1 amide bonds. The summed E-state index contributed by atoms with van der Waals surface area (Å²) in [6.45, 7) is 3.77. The maximum atomic E-state index is 12.3. The van der Waals surface area contributed by atoms with Crippen LogP contribution in [0.3, 0.4) is 0 Å². The van der Waals surface area contributed by atoms with Crippen molar-refractivity contribution in [1.82, 2.24) is 25.1 Å². The Morgan fingerprint density at radius 1 is 1.40 bits per heavy atom. The molecular formula is C17H16ClN5O2. The number of nitrogens with zero attached hydrogens (tertiary/aromatic N) is 3. The Bertz CT molecular complexity index is 965. The first-order valence-electron chi connectivity index (χ1n) is 7.62. The van der Waals surface area contributed by atoms with Gasteiger partial charge in [-0.15, -0.1) is 0 Å². The number of hydrogen-bond donors (Lipinski definition) is 2. The molecule has 0 bridgehead atoms. The zero-order valence-electron chi connectivity index (χ0n) is 13.7. The molecule has 8 heteroatoms. The van der Waals surface area contributed by atoms with E-state index in [0.717, 1.165) is 11.3 Å². The molecule has 0 saturated heterocycles. The Morgan fingerprint density at radius 2 is 2.20 bits per heavy atom. The zero-order chi connectivity index (χ0) is 18.0. The van der Waals surface area contributed by atoms with E-state index in [4.69, 9.17) is 11.6 Å². The fourth-order valence-electron chi connectivity index (χ4n) is 2.50. The molecule has 0 aliphatic heterocycles. The van der Waals surface area contributed by atoms with Gasteiger partial charge in [-0.3, -0.25) is 9.59 Å². The summed E-state index contributed by atoms with van der Waals surface area (Å²) < 4.78 is 1.72. The first-order chi connectivity index (χ1) is 12.0. The van der Waals surface area contributed by atoms with Gasteiger partial charge in [0.15, 0.2) is 5.82 Å². The smallest absolute Gasteiger partial charge is 0.266 e. The lowest BCUT2D eigenvalue weighted by atomic mass is 10.1. The third-order valence-corrected chi connectivity index (χ3v) is 4.13. The number of aromatic nitrogens is 4. The van der Waals surface area contributed by atoms with Crippen molar-refractivity contribution in [3.63, 3.8) is 0 Å². The topological polar surface area (TPSA) is 92.7 Å². The standard InChI is InChI=1S/C17H16ClN5O2/c1-10(22-16(24)12-7-14(18)17(25)20-8-12)13-9-21-23(11(13)2)15-5-3-4-6-19-15/h3-10H,1-2H3,(H,20,25)(H,22,24)/t10-/m1/s1. The Hall–Kier alpha value is -2.93. The van der Waals surface area contributed by atoms with Gasteiger partial charge in [0.1, 0.15) is 5.02 Å². The van der Waals surface area contributed by atoms with Crippen molar-refractivity contribution >= 4 is 17.5 Å². The molecule has 0 saturated carbocycles. The average Bonchev–Trinajstić information content (AvgIpc) is 2.99. The molecule has 0 aliphatic rings. The monoisotopic (exact) mass is 357 g/mol. The number of carbonyl (C=O) groups excluding carboxylic acids is 1. The Morgan fingerprint density at radius 3 is 2.88 bits per heavy atom. The molecule has 128 valence electrons. The van der Waals surface area contributed by atoms with Gasteiger partial charge in [-0.05, 0) is 32.0 Å². The van der Waals surface area contributed by atoms with E-state index in [0.29, 0.717) is 5.82 Å². The van der Waals surface area contributed by atoms with Gasteiger partial charge in [-0.1, -0.05) is 17.7 Å². The molecule has 25 heavy (non-hydrogen) atoms. The number of halogens is 1. The number of aromatic amines is 1. The van der Waals surface area contributed by atoms with E-state index in [9.17, 15) is 9.59 Å². The Balaban J connectivity index is 1.81. The molecule has 0 radical (unpaired) electrons. The molecule has 0 spiro atoms. The second kappa shape index (κ2) is 6.90. The number of hydrogen-bond acceptors (Lipinski definition) is 4. The second-order valence-electron chi connectivity index (χ2n) is 5.55. The molecule has 3 aromatic rings. The molecule has 3 aromatic heterocycles. The SMILES string of the molecule is Cc1c([C@@H](C)NC(=O)c2c[nH]c(=O)c(Cl)c2)cnn1-c1ccccn1. The van der Waals surface area contributed by atoms with Crippen LogP contribution in [0.5, 0.6) is 0 Å². The fourth-order valence-corrected chi connectivity index (χ4v) is 2.67. The number of nitrogens with one attached hydrogen (secondary N) is 2. The number of amides is 1. The third kappa shape index (κ3) is 3.46. The molecule has 0 aromatic carbocycles. The van der Waals surface area contributed by atoms with Crippen molar-refractivity contribution in [3.8, 4) is 5.82 Å².